The van der Waals surface area contributed by atoms with Crippen LogP contribution in [0.15, 0.2) is 14.7 Å². The Kier molecular flexibility index (Phi) is 4.11. The molecule has 0 radical (unpaired) electrons. The Morgan fingerprint density at radius 1 is 1.43 bits per heavy atom. The van der Waals surface area contributed by atoms with Crippen molar-refractivity contribution in [3.8, 4) is 0 Å². The van der Waals surface area contributed by atoms with Gasteiger partial charge in [-0.1, -0.05) is 0 Å². The lowest BCUT2D eigenvalue weighted by atomic mass is 10.1. The van der Waals surface area contributed by atoms with Crippen molar-refractivity contribution in [2.45, 2.75) is 31.5 Å². The van der Waals surface area contributed by atoms with Gasteiger partial charge in [0.2, 0.25) is 0 Å². The summed E-state index contributed by atoms with van der Waals surface area (Å²) in [5.74, 6) is -0.332. The van der Waals surface area contributed by atoms with Gasteiger partial charge >= 0.3 is 5.69 Å². The van der Waals surface area contributed by atoms with E-state index in [-0.39, 0.29) is 11.4 Å². The lowest BCUT2D eigenvalue weighted by Gasteiger charge is -2.20. The zero-order valence-electron chi connectivity index (χ0n) is 10.9. The maximum absolute atomic E-state index is 11.9. The Morgan fingerprint density at radius 2 is 2.10 bits per heavy atom. The summed E-state index contributed by atoms with van der Waals surface area (Å²) in [5, 5.41) is 31.9. The van der Waals surface area contributed by atoms with E-state index in [1.165, 1.54) is 6.92 Å². The van der Waals surface area contributed by atoms with E-state index < -0.39 is 42.4 Å². The highest BCUT2D eigenvalue weighted by Crippen LogP contribution is 2.31. The number of aliphatic hydroxyl groups excluding tert-OH is 3. The highest BCUT2D eigenvalue weighted by Gasteiger charge is 2.44. The zero-order valence-corrected chi connectivity index (χ0v) is 10.9. The molecule has 0 bridgehead atoms. The van der Waals surface area contributed by atoms with Crippen LogP contribution in [-0.4, -0.2) is 49.8 Å². The SMILES string of the molecule is Cc1c(N=[N+]=[N-])n([C@@H]2O[C@H](CO)[C@@H](O)[C@H]2O)c(=O)[nH]c1=O. The molecular formula is C10H13N5O6. The molecule has 0 aromatic carbocycles. The van der Waals surface area contributed by atoms with Crippen LogP contribution in [0.3, 0.4) is 0 Å². The van der Waals surface area contributed by atoms with E-state index in [2.05, 4.69) is 10.0 Å². The van der Waals surface area contributed by atoms with Crippen molar-refractivity contribution in [3.05, 3.63) is 36.8 Å². The van der Waals surface area contributed by atoms with Gasteiger partial charge in [-0.15, -0.1) is 0 Å². The van der Waals surface area contributed by atoms with Crippen LogP contribution in [0.25, 0.3) is 10.4 Å². The van der Waals surface area contributed by atoms with Gasteiger partial charge in [-0.25, -0.2) is 4.79 Å². The molecule has 4 N–H and O–H groups in total. The first-order valence-electron chi connectivity index (χ1n) is 5.95. The second-order valence-corrected chi connectivity index (χ2v) is 4.50. The second-order valence-electron chi connectivity index (χ2n) is 4.50. The molecule has 0 spiro atoms. The number of nitrogens with one attached hydrogen (secondary N) is 1. The minimum absolute atomic E-state index is 0.0508. The Labute approximate surface area is 116 Å². The Bertz CT molecular complexity index is 705. The fourth-order valence-electron chi connectivity index (χ4n) is 2.12. The molecule has 1 aliphatic heterocycles. The molecule has 0 amide bonds. The van der Waals surface area contributed by atoms with Gasteiger partial charge in [0.15, 0.2) is 6.23 Å². The van der Waals surface area contributed by atoms with Crippen molar-refractivity contribution in [3.63, 3.8) is 0 Å². The highest BCUT2D eigenvalue weighted by atomic mass is 16.6. The van der Waals surface area contributed by atoms with Gasteiger partial charge in [-0.05, 0) is 17.6 Å². The summed E-state index contributed by atoms with van der Waals surface area (Å²) in [5.41, 5.74) is 6.78. The van der Waals surface area contributed by atoms with Gasteiger partial charge in [0.25, 0.3) is 5.56 Å². The number of rotatable bonds is 3. The largest absolute Gasteiger partial charge is 0.394 e. The van der Waals surface area contributed by atoms with Crippen LogP contribution in [0.5, 0.6) is 0 Å². The third kappa shape index (κ3) is 2.44. The molecule has 1 aliphatic rings. The standard InChI is InChI=1S/C10H13N5O6/c1-3-7(13-14-11)15(10(20)12-8(3)19)9-6(18)5(17)4(2-16)21-9/h4-6,9,16-18H,2H2,1H3,(H,12,19,20)/t4-,5-,6-,9-/m1/s1. The molecule has 1 saturated heterocycles. The summed E-state index contributed by atoms with van der Waals surface area (Å²) in [6.45, 7) is 0.739. The second kappa shape index (κ2) is 5.68. The third-order valence-electron chi connectivity index (χ3n) is 3.25. The smallest absolute Gasteiger partial charge is 0.330 e. The monoisotopic (exact) mass is 299 g/mol. The molecule has 1 aromatic heterocycles. The fourth-order valence-corrected chi connectivity index (χ4v) is 2.12. The average Bonchev–Trinajstić information content (AvgIpc) is 2.73. The number of nitrogens with zero attached hydrogens (tertiary/aromatic N) is 4. The zero-order chi connectivity index (χ0) is 15.7. The van der Waals surface area contributed by atoms with E-state index in [4.69, 9.17) is 15.4 Å². The number of hydrogen-bond donors (Lipinski definition) is 4. The van der Waals surface area contributed by atoms with Gasteiger partial charge in [-0.3, -0.25) is 14.3 Å². The lowest BCUT2D eigenvalue weighted by Crippen LogP contribution is -2.38. The molecule has 11 heteroatoms. The number of aromatic nitrogens is 2. The number of aromatic amines is 1. The van der Waals surface area contributed by atoms with E-state index in [0.717, 1.165) is 4.57 Å². The summed E-state index contributed by atoms with van der Waals surface area (Å²) in [4.78, 5) is 27.9. The first-order valence-corrected chi connectivity index (χ1v) is 5.95. The summed E-state index contributed by atoms with van der Waals surface area (Å²) in [6.07, 6.45) is -5.49. The van der Waals surface area contributed by atoms with Crippen molar-refractivity contribution in [1.82, 2.24) is 9.55 Å². The van der Waals surface area contributed by atoms with E-state index in [9.17, 15) is 19.8 Å². The first kappa shape index (κ1) is 15.2. The normalized spacial score (nSPS) is 28.4. The molecule has 1 aromatic rings. The maximum atomic E-state index is 11.9. The molecule has 1 fully saturated rings. The van der Waals surface area contributed by atoms with Gasteiger partial charge in [0, 0.05) is 10.5 Å². The molecule has 11 nitrogen and oxygen atoms in total. The van der Waals surface area contributed by atoms with Crippen LogP contribution in [0.2, 0.25) is 0 Å². The first-order chi connectivity index (χ1) is 9.92. The fraction of sp³-hybridized carbons (Fsp3) is 0.600. The van der Waals surface area contributed by atoms with Gasteiger partial charge in [-0.2, -0.15) is 0 Å². The number of ether oxygens (including phenoxy) is 1. The summed E-state index contributed by atoms with van der Waals surface area (Å²) >= 11 is 0. The quantitative estimate of drug-likeness (QED) is 0.297. The predicted molar refractivity (Wildman–Crippen MR) is 67.9 cm³/mol. The number of azide groups is 1. The summed E-state index contributed by atoms with van der Waals surface area (Å²) in [7, 11) is 0. The van der Waals surface area contributed by atoms with Crippen LogP contribution in [0.1, 0.15) is 11.8 Å². The van der Waals surface area contributed by atoms with Crippen molar-refractivity contribution in [1.29, 1.82) is 0 Å². The minimum Gasteiger partial charge on any atom is -0.394 e. The Hall–Kier alpha value is -2.17. The molecule has 21 heavy (non-hydrogen) atoms. The number of aliphatic hydroxyl groups is 3. The predicted octanol–water partition coefficient (Wildman–Crippen LogP) is -1.60. The molecule has 114 valence electrons. The van der Waals surface area contributed by atoms with Gasteiger partial charge in [0.05, 0.1) is 6.61 Å². The van der Waals surface area contributed by atoms with Crippen molar-refractivity contribution >= 4 is 5.82 Å². The number of H-pyrrole nitrogens is 1. The van der Waals surface area contributed by atoms with E-state index in [0.29, 0.717) is 0 Å². The van der Waals surface area contributed by atoms with Crippen LogP contribution >= 0.6 is 0 Å². The van der Waals surface area contributed by atoms with Crippen molar-refractivity contribution < 1.29 is 20.1 Å². The molecule has 4 atom stereocenters. The third-order valence-corrected chi connectivity index (χ3v) is 3.25. The van der Waals surface area contributed by atoms with E-state index >= 15 is 0 Å². The van der Waals surface area contributed by atoms with Crippen molar-refractivity contribution in [2.75, 3.05) is 6.61 Å². The molecule has 2 rings (SSSR count). The molecule has 0 saturated carbocycles. The molecule has 0 aliphatic carbocycles. The summed E-state index contributed by atoms with van der Waals surface area (Å²) in [6, 6.07) is 0. The lowest BCUT2D eigenvalue weighted by molar-refractivity contribution is -0.0541. The highest BCUT2D eigenvalue weighted by molar-refractivity contribution is 5.36. The maximum Gasteiger partial charge on any atom is 0.330 e. The topological polar surface area (TPSA) is 174 Å². The van der Waals surface area contributed by atoms with Crippen LogP contribution in [0, 0.1) is 6.92 Å². The van der Waals surface area contributed by atoms with Gasteiger partial charge < -0.3 is 20.1 Å². The van der Waals surface area contributed by atoms with Crippen molar-refractivity contribution in [2.24, 2.45) is 5.11 Å². The Balaban J connectivity index is 2.64. The summed E-state index contributed by atoms with van der Waals surface area (Å²) < 4.78 is 5.93. The van der Waals surface area contributed by atoms with E-state index in [1.54, 1.807) is 0 Å². The van der Waals surface area contributed by atoms with Crippen LogP contribution in [-0.2, 0) is 4.74 Å². The molecule has 0 unspecified atom stereocenters. The Morgan fingerprint density at radius 3 is 2.62 bits per heavy atom. The molecule has 2 heterocycles. The number of hydrogen-bond acceptors (Lipinski definition) is 7. The van der Waals surface area contributed by atoms with Gasteiger partial charge in [0.1, 0.15) is 24.1 Å². The minimum atomic E-state index is -1.54. The molecular weight excluding hydrogens is 286 g/mol. The average molecular weight is 299 g/mol. The van der Waals surface area contributed by atoms with Crippen LogP contribution < -0.4 is 11.2 Å². The van der Waals surface area contributed by atoms with Crippen LogP contribution in [0.4, 0.5) is 5.82 Å². The van der Waals surface area contributed by atoms with E-state index in [1.807, 2.05) is 4.98 Å².